The monoisotopic (exact) mass is 262 g/mol. The number of carbonyl (C=O) groups excluding carboxylic acids is 2. The highest BCUT2D eigenvalue weighted by Crippen LogP contribution is 2.18. The van der Waals surface area contributed by atoms with Gasteiger partial charge in [-0.15, -0.1) is 0 Å². The number of carboxylic acids is 1. The Balaban J connectivity index is 3.45. The molecule has 1 aromatic carbocycles. The van der Waals surface area contributed by atoms with Gasteiger partial charge in [0.25, 0.3) is 0 Å². The fourth-order valence-corrected chi connectivity index (χ4v) is 1.39. The molecule has 0 aromatic heterocycles. The summed E-state index contributed by atoms with van der Waals surface area (Å²) in [7, 11) is 0. The molecule has 0 aliphatic carbocycles. The van der Waals surface area contributed by atoms with Crippen molar-refractivity contribution in [2.75, 3.05) is 0 Å². The third-order valence-corrected chi connectivity index (χ3v) is 2.10. The summed E-state index contributed by atoms with van der Waals surface area (Å²) in [5.74, 6) is -3.29. The molecule has 0 amide bonds. The molecule has 98 valence electrons. The van der Waals surface area contributed by atoms with Gasteiger partial charge in [0.15, 0.2) is 0 Å². The predicted octanol–water partition coefficient (Wildman–Crippen LogP) is 1.99. The Bertz CT molecular complexity index is 558. The predicted molar refractivity (Wildman–Crippen MR) is 64.6 cm³/mol. The standard InChI is InChI=1S/C13H10O6/c1-3-18-12(16)9-7-5-6-8(11(14)15)10(9)13(17)19-4-2/h3-7H,1-2H2,(H,14,15). The van der Waals surface area contributed by atoms with Gasteiger partial charge in [-0.3, -0.25) is 0 Å². The summed E-state index contributed by atoms with van der Waals surface area (Å²) in [5, 5.41) is 9.01. The van der Waals surface area contributed by atoms with Crippen LogP contribution in [0.1, 0.15) is 31.1 Å². The minimum absolute atomic E-state index is 0.230. The van der Waals surface area contributed by atoms with Crippen LogP contribution in [0.2, 0.25) is 0 Å². The van der Waals surface area contributed by atoms with Crippen LogP contribution in [0.25, 0.3) is 0 Å². The Morgan fingerprint density at radius 1 is 1.00 bits per heavy atom. The summed E-state index contributed by atoms with van der Waals surface area (Å²) in [6.07, 6.45) is 1.71. The summed E-state index contributed by atoms with van der Waals surface area (Å²) in [6, 6.07) is 3.73. The Morgan fingerprint density at radius 2 is 1.53 bits per heavy atom. The first-order chi connectivity index (χ1) is 9.02. The number of hydrogen-bond acceptors (Lipinski definition) is 5. The van der Waals surface area contributed by atoms with E-state index in [1.165, 1.54) is 18.2 Å². The van der Waals surface area contributed by atoms with E-state index in [1.807, 2.05) is 0 Å². The van der Waals surface area contributed by atoms with E-state index < -0.39 is 23.5 Å². The number of aromatic carboxylic acids is 1. The Labute approximate surface area is 108 Å². The average molecular weight is 262 g/mol. The van der Waals surface area contributed by atoms with E-state index in [2.05, 4.69) is 22.6 Å². The lowest BCUT2D eigenvalue weighted by Crippen LogP contribution is -2.16. The smallest absolute Gasteiger partial charge is 0.344 e. The Hall–Kier alpha value is -2.89. The van der Waals surface area contributed by atoms with Crippen molar-refractivity contribution in [3.8, 4) is 0 Å². The first-order valence-corrected chi connectivity index (χ1v) is 5.03. The van der Waals surface area contributed by atoms with E-state index in [4.69, 9.17) is 5.11 Å². The molecule has 6 nitrogen and oxygen atoms in total. The van der Waals surface area contributed by atoms with Crippen molar-refractivity contribution in [2.24, 2.45) is 0 Å². The quantitative estimate of drug-likeness (QED) is 0.644. The average Bonchev–Trinajstić information content (AvgIpc) is 2.38. The highest BCUT2D eigenvalue weighted by atomic mass is 16.5. The van der Waals surface area contributed by atoms with Crippen molar-refractivity contribution in [1.29, 1.82) is 0 Å². The highest BCUT2D eigenvalue weighted by molar-refractivity contribution is 6.10. The molecule has 0 atom stereocenters. The van der Waals surface area contributed by atoms with Crippen molar-refractivity contribution >= 4 is 17.9 Å². The van der Waals surface area contributed by atoms with Crippen molar-refractivity contribution in [2.45, 2.75) is 0 Å². The maximum absolute atomic E-state index is 11.7. The van der Waals surface area contributed by atoms with Crippen LogP contribution in [0.5, 0.6) is 0 Å². The zero-order chi connectivity index (χ0) is 14.4. The zero-order valence-corrected chi connectivity index (χ0v) is 9.79. The van der Waals surface area contributed by atoms with Gasteiger partial charge in [-0.1, -0.05) is 19.2 Å². The second-order valence-electron chi connectivity index (χ2n) is 3.18. The van der Waals surface area contributed by atoms with Crippen LogP contribution in [0, 0.1) is 0 Å². The van der Waals surface area contributed by atoms with Gasteiger partial charge in [0.05, 0.1) is 29.2 Å². The lowest BCUT2D eigenvalue weighted by Gasteiger charge is -2.09. The molecule has 0 aliphatic heterocycles. The normalized spacial score (nSPS) is 9.26. The SMILES string of the molecule is C=COC(=O)c1cccc(C(=O)O)c1C(=O)OC=C. The number of carbonyl (C=O) groups is 3. The van der Waals surface area contributed by atoms with Gasteiger partial charge in [-0.2, -0.15) is 0 Å². The summed E-state index contributed by atoms with van der Waals surface area (Å²) < 4.78 is 9.05. The second-order valence-corrected chi connectivity index (χ2v) is 3.18. The third-order valence-electron chi connectivity index (χ3n) is 2.10. The van der Waals surface area contributed by atoms with Crippen LogP contribution in [0.4, 0.5) is 0 Å². The molecule has 0 saturated carbocycles. The van der Waals surface area contributed by atoms with Gasteiger partial charge < -0.3 is 14.6 Å². The second kappa shape index (κ2) is 6.15. The fourth-order valence-electron chi connectivity index (χ4n) is 1.39. The maximum atomic E-state index is 11.7. The van der Waals surface area contributed by atoms with Crippen LogP contribution in [0.15, 0.2) is 43.9 Å². The van der Waals surface area contributed by atoms with Crippen molar-refractivity contribution in [3.63, 3.8) is 0 Å². The number of carboxylic acid groups (broad SMARTS) is 1. The molecule has 0 heterocycles. The Morgan fingerprint density at radius 3 is 2.05 bits per heavy atom. The number of esters is 2. The van der Waals surface area contributed by atoms with Gasteiger partial charge in [0.1, 0.15) is 0 Å². The van der Waals surface area contributed by atoms with Crippen molar-refractivity contribution < 1.29 is 29.0 Å². The van der Waals surface area contributed by atoms with Crippen LogP contribution in [-0.4, -0.2) is 23.0 Å². The van der Waals surface area contributed by atoms with Gasteiger partial charge in [-0.25, -0.2) is 14.4 Å². The summed E-state index contributed by atoms with van der Waals surface area (Å²) >= 11 is 0. The fraction of sp³-hybridized carbons (Fsp3) is 0. The molecule has 1 aromatic rings. The lowest BCUT2D eigenvalue weighted by molar-refractivity contribution is 0.0607. The lowest BCUT2D eigenvalue weighted by atomic mass is 10.0. The minimum Gasteiger partial charge on any atom is -0.478 e. The van der Waals surface area contributed by atoms with Gasteiger partial charge in [-0.05, 0) is 12.1 Å². The van der Waals surface area contributed by atoms with E-state index in [-0.39, 0.29) is 11.1 Å². The van der Waals surface area contributed by atoms with Crippen LogP contribution in [0.3, 0.4) is 0 Å². The summed E-state index contributed by atoms with van der Waals surface area (Å²) in [6.45, 7) is 6.39. The van der Waals surface area contributed by atoms with E-state index in [0.29, 0.717) is 0 Å². The molecule has 0 radical (unpaired) electrons. The number of ether oxygens (including phenoxy) is 2. The van der Waals surface area contributed by atoms with E-state index >= 15 is 0 Å². The van der Waals surface area contributed by atoms with Gasteiger partial charge in [0.2, 0.25) is 0 Å². The van der Waals surface area contributed by atoms with Crippen LogP contribution >= 0.6 is 0 Å². The first kappa shape index (κ1) is 14.2. The largest absolute Gasteiger partial charge is 0.478 e. The minimum atomic E-state index is -1.37. The molecule has 0 spiro atoms. The molecule has 0 bridgehead atoms. The molecule has 0 unspecified atom stereocenters. The van der Waals surface area contributed by atoms with Crippen molar-refractivity contribution in [3.05, 3.63) is 60.6 Å². The van der Waals surface area contributed by atoms with Crippen molar-refractivity contribution in [1.82, 2.24) is 0 Å². The number of benzene rings is 1. The number of rotatable bonds is 5. The summed E-state index contributed by atoms with van der Waals surface area (Å²) in [4.78, 5) is 34.4. The maximum Gasteiger partial charge on any atom is 0.344 e. The third kappa shape index (κ3) is 3.06. The Kier molecular flexibility index (Phi) is 4.59. The van der Waals surface area contributed by atoms with Crippen LogP contribution in [-0.2, 0) is 9.47 Å². The molecule has 0 aliphatic rings. The molecular weight excluding hydrogens is 252 g/mol. The molecular formula is C13H10O6. The molecule has 19 heavy (non-hydrogen) atoms. The molecule has 6 heteroatoms. The summed E-state index contributed by atoms with van der Waals surface area (Å²) in [5.41, 5.74) is -1.00. The molecule has 1 N–H and O–H groups in total. The van der Waals surface area contributed by atoms with Gasteiger partial charge >= 0.3 is 17.9 Å². The van der Waals surface area contributed by atoms with E-state index in [1.54, 1.807) is 0 Å². The topological polar surface area (TPSA) is 89.9 Å². The zero-order valence-electron chi connectivity index (χ0n) is 9.79. The van der Waals surface area contributed by atoms with E-state index in [9.17, 15) is 14.4 Å². The molecule has 0 fully saturated rings. The molecule has 0 saturated heterocycles. The van der Waals surface area contributed by atoms with Gasteiger partial charge in [0, 0.05) is 0 Å². The molecule has 1 rings (SSSR count). The van der Waals surface area contributed by atoms with E-state index in [0.717, 1.165) is 12.5 Å². The number of hydrogen-bond donors (Lipinski definition) is 1. The van der Waals surface area contributed by atoms with Crippen LogP contribution < -0.4 is 0 Å². The first-order valence-electron chi connectivity index (χ1n) is 5.03. The highest BCUT2D eigenvalue weighted by Gasteiger charge is 2.25.